The van der Waals surface area contributed by atoms with E-state index in [1.54, 1.807) is 0 Å². The van der Waals surface area contributed by atoms with E-state index in [0.29, 0.717) is 6.04 Å². The Bertz CT molecular complexity index is 610. The molecule has 0 saturated heterocycles. The Morgan fingerprint density at radius 3 is 2.71 bits per heavy atom. The zero-order valence-corrected chi connectivity index (χ0v) is 13.0. The molecule has 110 valence electrons. The maximum absolute atomic E-state index is 6.25. The molecule has 2 aromatic rings. The number of aromatic nitrogens is 1. The van der Waals surface area contributed by atoms with E-state index in [1.165, 1.54) is 18.4 Å². The van der Waals surface area contributed by atoms with Crippen LogP contribution in [0, 0.1) is 0 Å². The second-order valence-corrected chi connectivity index (χ2v) is 6.00. The lowest BCUT2D eigenvalue weighted by atomic mass is 10.2. The van der Waals surface area contributed by atoms with Gasteiger partial charge in [-0.3, -0.25) is 0 Å². The van der Waals surface area contributed by atoms with E-state index in [1.807, 2.05) is 30.5 Å². The summed E-state index contributed by atoms with van der Waals surface area (Å²) in [5, 5.41) is 4.35. The van der Waals surface area contributed by atoms with Crippen LogP contribution in [0.25, 0.3) is 0 Å². The lowest BCUT2D eigenvalue weighted by molar-refractivity contribution is 0.683. The van der Waals surface area contributed by atoms with Crippen LogP contribution in [0.2, 0.25) is 5.02 Å². The van der Waals surface area contributed by atoms with Gasteiger partial charge in [0.2, 0.25) is 0 Å². The quantitative estimate of drug-likeness (QED) is 0.883. The first-order valence-corrected chi connectivity index (χ1v) is 7.73. The molecule has 1 aliphatic rings. The van der Waals surface area contributed by atoms with E-state index in [-0.39, 0.29) is 0 Å². The van der Waals surface area contributed by atoms with Crippen LogP contribution in [-0.2, 0) is 13.1 Å². The number of halogens is 1. The van der Waals surface area contributed by atoms with Gasteiger partial charge in [0.05, 0.1) is 0 Å². The molecule has 1 heterocycles. The molecule has 0 atom stereocenters. The normalized spacial score (nSPS) is 14.2. The third-order valence-corrected chi connectivity index (χ3v) is 4.12. The number of benzene rings is 1. The number of anilines is 1. The number of rotatable bonds is 6. The van der Waals surface area contributed by atoms with E-state index in [9.17, 15) is 0 Å². The van der Waals surface area contributed by atoms with Crippen molar-refractivity contribution in [2.75, 3.05) is 11.9 Å². The van der Waals surface area contributed by atoms with Crippen LogP contribution in [0.4, 0.5) is 5.82 Å². The minimum Gasteiger partial charge on any atom is -0.355 e. The second-order valence-electron chi connectivity index (χ2n) is 5.59. The third-order valence-electron chi connectivity index (χ3n) is 3.75. The summed E-state index contributed by atoms with van der Waals surface area (Å²) in [4.78, 5) is 6.70. The molecule has 0 bridgehead atoms. The van der Waals surface area contributed by atoms with E-state index in [2.05, 4.69) is 34.4 Å². The Hall–Kier alpha value is -1.58. The molecule has 0 radical (unpaired) electrons. The molecular weight excluding hydrogens is 282 g/mol. The van der Waals surface area contributed by atoms with Gasteiger partial charge in [0, 0.05) is 43.0 Å². The van der Waals surface area contributed by atoms with Crippen LogP contribution < -0.4 is 10.2 Å². The average molecular weight is 302 g/mol. The predicted molar refractivity (Wildman–Crippen MR) is 87.7 cm³/mol. The van der Waals surface area contributed by atoms with E-state index < -0.39 is 0 Å². The van der Waals surface area contributed by atoms with Gasteiger partial charge in [-0.2, -0.15) is 0 Å². The second kappa shape index (κ2) is 6.46. The summed E-state index contributed by atoms with van der Waals surface area (Å²) in [6.45, 7) is 1.63. The molecule has 1 aromatic heterocycles. The van der Waals surface area contributed by atoms with Crippen molar-refractivity contribution in [1.82, 2.24) is 10.3 Å². The van der Waals surface area contributed by atoms with Crippen LogP contribution in [0.3, 0.4) is 0 Å². The highest BCUT2D eigenvalue weighted by molar-refractivity contribution is 6.31. The average Bonchev–Trinajstić information content (AvgIpc) is 3.32. The standard InChI is InChI=1S/C17H20ClN3/c1-21(12-14-5-2-3-7-16(14)18)17-13(6-4-10-19-17)11-20-15-8-9-15/h2-7,10,15,20H,8-9,11-12H2,1H3. The molecule has 1 N–H and O–H groups in total. The molecule has 0 aliphatic heterocycles. The summed E-state index contributed by atoms with van der Waals surface area (Å²) in [6.07, 6.45) is 4.44. The molecule has 3 nitrogen and oxygen atoms in total. The highest BCUT2D eigenvalue weighted by Crippen LogP contribution is 2.24. The summed E-state index contributed by atoms with van der Waals surface area (Å²) in [5.41, 5.74) is 2.35. The van der Waals surface area contributed by atoms with Crippen molar-refractivity contribution in [3.8, 4) is 0 Å². The van der Waals surface area contributed by atoms with E-state index >= 15 is 0 Å². The van der Waals surface area contributed by atoms with Crippen LogP contribution in [0.15, 0.2) is 42.6 Å². The molecule has 0 unspecified atom stereocenters. The SMILES string of the molecule is CN(Cc1ccccc1Cl)c1ncccc1CNC1CC1. The van der Waals surface area contributed by atoms with Crippen molar-refractivity contribution in [2.45, 2.75) is 32.0 Å². The Balaban J connectivity index is 1.74. The van der Waals surface area contributed by atoms with Crippen LogP contribution in [0.5, 0.6) is 0 Å². The molecule has 0 amide bonds. The first-order valence-electron chi connectivity index (χ1n) is 7.36. The van der Waals surface area contributed by atoms with Crippen LogP contribution in [-0.4, -0.2) is 18.1 Å². The zero-order chi connectivity index (χ0) is 14.7. The van der Waals surface area contributed by atoms with E-state index in [4.69, 9.17) is 11.6 Å². The fourth-order valence-electron chi connectivity index (χ4n) is 2.41. The van der Waals surface area contributed by atoms with Crippen molar-refractivity contribution < 1.29 is 0 Å². The third kappa shape index (κ3) is 3.74. The Labute approximate surface area is 131 Å². The topological polar surface area (TPSA) is 28.2 Å². The molecule has 0 spiro atoms. The summed E-state index contributed by atoms with van der Waals surface area (Å²) in [5.74, 6) is 1.02. The van der Waals surface area contributed by atoms with Gasteiger partial charge >= 0.3 is 0 Å². The Kier molecular flexibility index (Phi) is 4.42. The smallest absolute Gasteiger partial charge is 0.133 e. The molecule has 4 heteroatoms. The fraction of sp³-hybridized carbons (Fsp3) is 0.353. The molecule has 1 aliphatic carbocycles. The molecule has 21 heavy (non-hydrogen) atoms. The fourth-order valence-corrected chi connectivity index (χ4v) is 2.61. The molecule has 1 aromatic carbocycles. The van der Waals surface area contributed by atoms with Crippen molar-refractivity contribution >= 4 is 17.4 Å². The first kappa shape index (κ1) is 14.4. The van der Waals surface area contributed by atoms with Gasteiger partial charge in [0.25, 0.3) is 0 Å². The monoisotopic (exact) mass is 301 g/mol. The first-order chi connectivity index (χ1) is 10.2. The highest BCUT2D eigenvalue weighted by atomic mass is 35.5. The minimum atomic E-state index is 0.701. The molecule has 3 rings (SSSR count). The maximum Gasteiger partial charge on any atom is 0.133 e. The number of nitrogens with zero attached hydrogens (tertiary/aromatic N) is 2. The minimum absolute atomic E-state index is 0.701. The summed E-state index contributed by atoms with van der Waals surface area (Å²) in [7, 11) is 2.06. The maximum atomic E-state index is 6.25. The lowest BCUT2D eigenvalue weighted by Gasteiger charge is -2.22. The number of hydrogen-bond donors (Lipinski definition) is 1. The van der Waals surface area contributed by atoms with E-state index in [0.717, 1.165) is 29.5 Å². The summed E-state index contributed by atoms with van der Waals surface area (Å²) < 4.78 is 0. The largest absolute Gasteiger partial charge is 0.355 e. The van der Waals surface area contributed by atoms with Crippen molar-refractivity contribution in [2.24, 2.45) is 0 Å². The van der Waals surface area contributed by atoms with Crippen molar-refractivity contribution in [3.63, 3.8) is 0 Å². The zero-order valence-electron chi connectivity index (χ0n) is 12.2. The molecule has 1 fully saturated rings. The molecular formula is C17H20ClN3. The van der Waals surface area contributed by atoms with Gasteiger partial charge in [-0.05, 0) is 30.5 Å². The Morgan fingerprint density at radius 2 is 1.95 bits per heavy atom. The molecule has 1 saturated carbocycles. The Morgan fingerprint density at radius 1 is 1.19 bits per heavy atom. The van der Waals surface area contributed by atoms with Gasteiger partial charge in [0.15, 0.2) is 0 Å². The van der Waals surface area contributed by atoms with Gasteiger partial charge in [-0.15, -0.1) is 0 Å². The van der Waals surface area contributed by atoms with Crippen LogP contribution in [0.1, 0.15) is 24.0 Å². The van der Waals surface area contributed by atoms with Crippen LogP contribution >= 0.6 is 11.6 Å². The number of pyridine rings is 1. The van der Waals surface area contributed by atoms with Gasteiger partial charge in [0.1, 0.15) is 5.82 Å². The van der Waals surface area contributed by atoms with Gasteiger partial charge in [-0.1, -0.05) is 35.9 Å². The number of hydrogen-bond acceptors (Lipinski definition) is 3. The number of nitrogens with one attached hydrogen (secondary N) is 1. The summed E-state index contributed by atoms with van der Waals surface area (Å²) in [6, 6.07) is 12.8. The van der Waals surface area contributed by atoms with Crippen molar-refractivity contribution in [1.29, 1.82) is 0 Å². The van der Waals surface area contributed by atoms with Gasteiger partial charge in [-0.25, -0.2) is 4.98 Å². The van der Waals surface area contributed by atoms with Crippen molar-refractivity contribution in [3.05, 3.63) is 58.7 Å². The predicted octanol–water partition coefficient (Wildman–Crippen LogP) is 3.62. The lowest BCUT2D eigenvalue weighted by Crippen LogP contribution is -2.22. The summed E-state index contributed by atoms with van der Waals surface area (Å²) >= 11 is 6.25. The van der Waals surface area contributed by atoms with Gasteiger partial charge < -0.3 is 10.2 Å². The highest BCUT2D eigenvalue weighted by Gasteiger charge is 2.21.